The predicted octanol–water partition coefficient (Wildman–Crippen LogP) is 3.25. The number of nitrogens with one attached hydrogen (secondary N) is 1. The number of ether oxygens (including phenoxy) is 2. The van der Waals surface area contributed by atoms with Crippen LogP contribution in [0.4, 0.5) is 5.69 Å². The van der Waals surface area contributed by atoms with Crippen molar-refractivity contribution in [2.24, 2.45) is 5.73 Å². The lowest BCUT2D eigenvalue weighted by Crippen LogP contribution is -2.20. The number of carbonyl (C=O) groups is 2. The summed E-state index contributed by atoms with van der Waals surface area (Å²) in [5.74, 6) is 0.338. The molecule has 2 amide bonds. The number of amides is 2. The molecule has 1 heterocycles. The highest BCUT2D eigenvalue weighted by Gasteiger charge is 2.21. The molecular formula is C21H23N3O5. The summed E-state index contributed by atoms with van der Waals surface area (Å²) in [4.78, 5) is 28.0. The highest BCUT2D eigenvalue weighted by molar-refractivity contribution is 6.05. The number of nitrogens with two attached hydrogens (primary N) is 1. The lowest BCUT2D eigenvalue weighted by Gasteiger charge is -2.11. The molecule has 8 heteroatoms. The topological polar surface area (TPSA) is 117 Å². The molecule has 3 aromatic rings. The SMILES string of the molecule is COc1cc(C(=O)Nc2ccc3oc(C(C)(C)C)nc3c2)ccc1OCC(N)=O. The Kier molecular flexibility index (Phi) is 5.45. The fraction of sp³-hybridized carbons (Fsp3) is 0.286. The van der Waals surface area contributed by atoms with Crippen LogP contribution in [0.1, 0.15) is 37.0 Å². The molecule has 0 unspecified atom stereocenters. The molecule has 0 aliphatic rings. The van der Waals surface area contributed by atoms with Crippen molar-refractivity contribution in [3.63, 3.8) is 0 Å². The third-order valence-corrected chi connectivity index (χ3v) is 4.08. The number of fused-ring (bicyclic) bond motifs is 1. The van der Waals surface area contributed by atoms with E-state index in [1.54, 1.807) is 30.3 Å². The number of benzene rings is 2. The largest absolute Gasteiger partial charge is 0.493 e. The average molecular weight is 397 g/mol. The number of primary amides is 1. The van der Waals surface area contributed by atoms with Gasteiger partial charge in [-0.05, 0) is 36.4 Å². The number of hydrogen-bond donors (Lipinski definition) is 2. The van der Waals surface area contributed by atoms with E-state index in [0.29, 0.717) is 39.7 Å². The highest BCUT2D eigenvalue weighted by atomic mass is 16.5. The molecule has 0 spiro atoms. The summed E-state index contributed by atoms with van der Waals surface area (Å²) in [5.41, 5.74) is 7.15. The number of nitrogens with zero attached hydrogens (tertiary/aromatic N) is 1. The van der Waals surface area contributed by atoms with Crippen LogP contribution in [0, 0.1) is 0 Å². The molecule has 29 heavy (non-hydrogen) atoms. The first-order valence-corrected chi connectivity index (χ1v) is 8.99. The normalized spacial score (nSPS) is 11.3. The number of aromatic nitrogens is 1. The third-order valence-electron chi connectivity index (χ3n) is 4.08. The minimum absolute atomic E-state index is 0.211. The summed E-state index contributed by atoms with van der Waals surface area (Å²) in [6, 6.07) is 9.92. The van der Waals surface area contributed by atoms with E-state index >= 15 is 0 Å². The standard InChI is InChI=1S/C21H23N3O5/c1-21(2,3)20-24-14-10-13(6-8-15(14)29-20)23-19(26)12-5-7-16(17(9-12)27-4)28-11-18(22)25/h5-10H,11H2,1-4H3,(H2,22,25)(H,23,26). The van der Waals surface area contributed by atoms with Gasteiger partial charge in [-0.15, -0.1) is 0 Å². The molecule has 0 saturated heterocycles. The molecular weight excluding hydrogens is 374 g/mol. The molecule has 3 rings (SSSR count). The zero-order valence-corrected chi connectivity index (χ0v) is 16.7. The van der Waals surface area contributed by atoms with Crippen molar-refractivity contribution in [2.45, 2.75) is 26.2 Å². The first kappa shape index (κ1) is 20.2. The second-order valence-corrected chi connectivity index (χ2v) is 7.53. The number of rotatable bonds is 6. The molecule has 0 aliphatic heterocycles. The summed E-state index contributed by atoms with van der Waals surface area (Å²) in [5, 5.41) is 2.83. The molecule has 0 bridgehead atoms. The van der Waals surface area contributed by atoms with Gasteiger partial charge in [0.2, 0.25) is 5.89 Å². The summed E-state index contributed by atoms with van der Waals surface area (Å²) < 4.78 is 16.3. The van der Waals surface area contributed by atoms with E-state index in [1.165, 1.54) is 13.2 Å². The van der Waals surface area contributed by atoms with Crippen LogP contribution in [0.2, 0.25) is 0 Å². The van der Waals surface area contributed by atoms with E-state index in [0.717, 1.165) is 0 Å². The van der Waals surface area contributed by atoms with Gasteiger partial charge in [-0.2, -0.15) is 0 Å². The van der Waals surface area contributed by atoms with E-state index in [-0.39, 0.29) is 17.9 Å². The molecule has 1 aromatic heterocycles. The minimum atomic E-state index is -0.605. The van der Waals surface area contributed by atoms with Crippen LogP contribution in [-0.4, -0.2) is 30.5 Å². The van der Waals surface area contributed by atoms with Crippen LogP contribution in [0.15, 0.2) is 40.8 Å². The minimum Gasteiger partial charge on any atom is -0.493 e. The molecule has 0 saturated carbocycles. The van der Waals surface area contributed by atoms with Crippen LogP contribution in [0.25, 0.3) is 11.1 Å². The fourth-order valence-electron chi connectivity index (χ4n) is 2.61. The van der Waals surface area contributed by atoms with E-state index < -0.39 is 5.91 Å². The van der Waals surface area contributed by atoms with E-state index in [9.17, 15) is 9.59 Å². The quantitative estimate of drug-likeness (QED) is 0.659. The summed E-state index contributed by atoms with van der Waals surface area (Å²) >= 11 is 0. The van der Waals surface area contributed by atoms with Crippen molar-refractivity contribution in [1.29, 1.82) is 0 Å². The van der Waals surface area contributed by atoms with Crippen LogP contribution in [0.5, 0.6) is 11.5 Å². The van der Waals surface area contributed by atoms with Crippen molar-refractivity contribution in [3.8, 4) is 11.5 Å². The summed E-state index contributed by atoms with van der Waals surface area (Å²) in [6.45, 7) is 5.77. The first-order chi connectivity index (χ1) is 13.7. The van der Waals surface area contributed by atoms with Crippen molar-refractivity contribution >= 4 is 28.6 Å². The number of oxazole rings is 1. The Balaban J connectivity index is 1.79. The van der Waals surface area contributed by atoms with Gasteiger partial charge in [0.1, 0.15) is 5.52 Å². The van der Waals surface area contributed by atoms with Gasteiger partial charge in [-0.25, -0.2) is 4.98 Å². The van der Waals surface area contributed by atoms with E-state index in [1.807, 2.05) is 20.8 Å². The second-order valence-electron chi connectivity index (χ2n) is 7.53. The van der Waals surface area contributed by atoms with Crippen molar-refractivity contribution < 1.29 is 23.5 Å². The van der Waals surface area contributed by atoms with Gasteiger partial charge in [0, 0.05) is 16.7 Å². The molecule has 2 aromatic carbocycles. The fourth-order valence-corrected chi connectivity index (χ4v) is 2.61. The van der Waals surface area contributed by atoms with Gasteiger partial charge in [0.05, 0.1) is 7.11 Å². The van der Waals surface area contributed by atoms with Crippen molar-refractivity contribution in [2.75, 3.05) is 19.0 Å². The summed E-state index contributed by atoms with van der Waals surface area (Å²) in [6.07, 6.45) is 0. The Morgan fingerprint density at radius 1 is 1.14 bits per heavy atom. The van der Waals surface area contributed by atoms with Gasteiger partial charge < -0.3 is 24.9 Å². The predicted molar refractivity (Wildman–Crippen MR) is 108 cm³/mol. The van der Waals surface area contributed by atoms with Crippen molar-refractivity contribution in [3.05, 3.63) is 47.9 Å². The summed E-state index contributed by atoms with van der Waals surface area (Å²) in [7, 11) is 1.44. The zero-order chi connectivity index (χ0) is 21.2. The monoisotopic (exact) mass is 397 g/mol. The Bertz CT molecular complexity index is 1070. The average Bonchev–Trinajstić information content (AvgIpc) is 3.10. The Morgan fingerprint density at radius 2 is 1.90 bits per heavy atom. The highest BCUT2D eigenvalue weighted by Crippen LogP contribution is 2.29. The maximum Gasteiger partial charge on any atom is 0.255 e. The maximum atomic E-state index is 12.6. The zero-order valence-electron chi connectivity index (χ0n) is 16.7. The molecule has 8 nitrogen and oxygen atoms in total. The van der Waals surface area contributed by atoms with Gasteiger partial charge >= 0.3 is 0 Å². The van der Waals surface area contributed by atoms with Crippen LogP contribution >= 0.6 is 0 Å². The van der Waals surface area contributed by atoms with E-state index in [2.05, 4.69) is 10.3 Å². The lowest BCUT2D eigenvalue weighted by molar-refractivity contribution is -0.119. The lowest BCUT2D eigenvalue weighted by atomic mass is 9.97. The number of anilines is 1. The molecule has 3 N–H and O–H groups in total. The number of hydrogen-bond acceptors (Lipinski definition) is 6. The third kappa shape index (κ3) is 4.66. The van der Waals surface area contributed by atoms with E-state index in [4.69, 9.17) is 19.6 Å². The maximum absolute atomic E-state index is 12.6. The molecule has 0 aliphatic carbocycles. The van der Waals surface area contributed by atoms with Crippen LogP contribution < -0.4 is 20.5 Å². The molecule has 0 radical (unpaired) electrons. The number of methoxy groups -OCH3 is 1. The Labute approximate surface area is 168 Å². The first-order valence-electron chi connectivity index (χ1n) is 8.99. The number of carbonyl (C=O) groups excluding carboxylic acids is 2. The van der Waals surface area contributed by atoms with Gasteiger partial charge in [-0.3, -0.25) is 9.59 Å². The van der Waals surface area contributed by atoms with Crippen molar-refractivity contribution in [1.82, 2.24) is 4.98 Å². The molecule has 152 valence electrons. The molecule has 0 atom stereocenters. The Hall–Kier alpha value is -3.55. The van der Waals surface area contributed by atoms with Gasteiger partial charge in [0.15, 0.2) is 23.7 Å². The smallest absolute Gasteiger partial charge is 0.255 e. The van der Waals surface area contributed by atoms with Gasteiger partial charge in [0.25, 0.3) is 11.8 Å². The molecule has 0 fully saturated rings. The Morgan fingerprint density at radius 3 is 2.55 bits per heavy atom. The van der Waals surface area contributed by atoms with Gasteiger partial charge in [-0.1, -0.05) is 20.8 Å². The van der Waals surface area contributed by atoms with Crippen LogP contribution in [0.3, 0.4) is 0 Å². The van der Waals surface area contributed by atoms with Crippen LogP contribution in [-0.2, 0) is 10.2 Å². The second kappa shape index (κ2) is 7.83.